The lowest BCUT2D eigenvalue weighted by Gasteiger charge is -2.39. The van der Waals surface area contributed by atoms with Crippen LogP contribution in [0.2, 0.25) is 5.02 Å². The van der Waals surface area contributed by atoms with Gasteiger partial charge < -0.3 is 10.2 Å². The zero-order valence-corrected chi connectivity index (χ0v) is 18.5. The number of amides is 2. The minimum Gasteiger partial charge on any atom is -0.322 e. The standard InChI is InChI=1S/C26H25ClN4O/c27-23-10-8-22(9-11-23)25(21-4-2-1-3-5-21)30-16-18-31(19-17-30)26(32)29-24-12-6-20(7-13-24)14-15-28/h1-13,25H,14,16-19H2,(H,29,32)/t25-/m1/s1. The fourth-order valence-corrected chi connectivity index (χ4v) is 4.20. The summed E-state index contributed by atoms with van der Waals surface area (Å²) in [6.07, 6.45) is 0.367. The highest BCUT2D eigenvalue weighted by Crippen LogP contribution is 2.30. The summed E-state index contributed by atoms with van der Waals surface area (Å²) < 4.78 is 0. The Labute approximate surface area is 193 Å². The molecule has 6 heteroatoms. The Morgan fingerprint density at radius 1 is 0.906 bits per heavy atom. The van der Waals surface area contributed by atoms with Gasteiger partial charge in [-0.15, -0.1) is 0 Å². The summed E-state index contributed by atoms with van der Waals surface area (Å²) in [7, 11) is 0. The second-order valence-corrected chi connectivity index (χ2v) is 8.29. The molecule has 32 heavy (non-hydrogen) atoms. The fraction of sp³-hybridized carbons (Fsp3) is 0.231. The van der Waals surface area contributed by atoms with Crippen LogP contribution in [-0.2, 0) is 6.42 Å². The van der Waals surface area contributed by atoms with Crippen molar-refractivity contribution in [2.24, 2.45) is 0 Å². The van der Waals surface area contributed by atoms with Gasteiger partial charge in [0.15, 0.2) is 0 Å². The molecular formula is C26H25ClN4O. The first kappa shape index (κ1) is 21.9. The molecule has 3 aromatic carbocycles. The first-order chi connectivity index (χ1) is 15.6. The minimum absolute atomic E-state index is 0.0968. The third-order valence-electron chi connectivity index (χ3n) is 5.76. The number of hydrogen-bond acceptors (Lipinski definition) is 3. The van der Waals surface area contributed by atoms with Gasteiger partial charge in [0.25, 0.3) is 0 Å². The van der Waals surface area contributed by atoms with Crippen LogP contribution in [0, 0.1) is 11.3 Å². The summed E-state index contributed by atoms with van der Waals surface area (Å²) in [6, 6.07) is 28.0. The molecule has 1 aliphatic heterocycles. The average molecular weight is 445 g/mol. The molecule has 1 fully saturated rings. The molecule has 5 nitrogen and oxygen atoms in total. The number of rotatable bonds is 5. The highest BCUT2D eigenvalue weighted by molar-refractivity contribution is 6.30. The van der Waals surface area contributed by atoms with E-state index >= 15 is 0 Å². The van der Waals surface area contributed by atoms with Crippen LogP contribution in [0.3, 0.4) is 0 Å². The van der Waals surface area contributed by atoms with Crippen LogP contribution in [0.25, 0.3) is 0 Å². The molecule has 0 unspecified atom stereocenters. The van der Waals surface area contributed by atoms with Crippen LogP contribution in [0.5, 0.6) is 0 Å². The Balaban J connectivity index is 1.42. The maximum Gasteiger partial charge on any atom is 0.321 e. The molecule has 1 aliphatic rings. The van der Waals surface area contributed by atoms with Gasteiger partial charge in [0.05, 0.1) is 18.5 Å². The molecule has 1 heterocycles. The molecule has 3 aromatic rings. The van der Waals surface area contributed by atoms with Gasteiger partial charge in [0.1, 0.15) is 0 Å². The van der Waals surface area contributed by atoms with Gasteiger partial charge in [0.2, 0.25) is 0 Å². The van der Waals surface area contributed by atoms with Crippen LogP contribution in [0.15, 0.2) is 78.9 Å². The Hall–Kier alpha value is -3.33. The number of nitriles is 1. The van der Waals surface area contributed by atoms with Crippen LogP contribution >= 0.6 is 11.6 Å². The second kappa shape index (κ2) is 10.3. The third kappa shape index (κ3) is 5.28. The number of carbonyl (C=O) groups is 1. The predicted molar refractivity (Wildman–Crippen MR) is 128 cm³/mol. The van der Waals surface area contributed by atoms with Crippen molar-refractivity contribution in [1.82, 2.24) is 9.80 Å². The number of nitrogens with zero attached hydrogens (tertiary/aromatic N) is 3. The van der Waals surface area contributed by atoms with Crippen molar-refractivity contribution >= 4 is 23.3 Å². The first-order valence-electron chi connectivity index (χ1n) is 10.7. The average Bonchev–Trinajstić information content (AvgIpc) is 2.83. The zero-order valence-electron chi connectivity index (χ0n) is 17.7. The summed E-state index contributed by atoms with van der Waals surface area (Å²) in [5, 5.41) is 12.5. The Kier molecular flexibility index (Phi) is 7.06. The molecule has 0 saturated carbocycles. The largest absolute Gasteiger partial charge is 0.322 e. The Bertz CT molecular complexity index is 1070. The van der Waals surface area contributed by atoms with E-state index in [9.17, 15) is 4.79 Å². The van der Waals surface area contributed by atoms with Crippen molar-refractivity contribution in [2.75, 3.05) is 31.5 Å². The molecule has 0 radical (unpaired) electrons. The maximum absolute atomic E-state index is 12.8. The summed E-state index contributed by atoms with van der Waals surface area (Å²) in [5.41, 5.74) is 4.09. The van der Waals surface area contributed by atoms with Gasteiger partial charge in [-0.1, -0.05) is 66.2 Å². The van der Waals surface area contributed by atoms with E-state index in [0.717, 1.165) is 29.4 Å². The van der Waals surface area contributed by atoms with Crippen molar-refractivity contribution in [3.63, 3.8) is 0 Å². The molecule has 162 valence electrons. The highest BCUT2D eigenvalue weighted by Gasteiger charge is 2.28. The fourth-order valence-electron chi connectivity index (χ4n) is 4.08. The molecule has 1 N–H and O–H groups in total. The van der Waals surface area contributed by atoms with E-state index < -0.39 is 0 Å². The van der Waals surface area contributed by atoms with E-state index in [0.29, 0.717) is 19.5 Å². The van der Waals surface area contributed by atoms with E-state index in [4.69, 9.17) is 16.9 Å². The van der Waals surface area contributed by atoms with E-state index in [1.54, 1.807) is 0 Å². The smallest absolute Gasteiger partial charge is 0.321 e. The van der Waals surface area contributed by atoms with Crippen molar-refractivity contribution in [2.45, 2.75) is 12.5 Å². The number of carbonyl (C=O) groups excluding carboxylic acids is 1. The topological polar surface area (TPSA) is 59.4 Å². The van der Waals surface area contributed by atoms with Crippen LogP contribution < -0.4 is 5.32 Å². The molecule has 1 saturated heterocycles. The monoisotopic (exact) mass is 444 g/mol. The van der Waals surface area contributed by atoms with Crippen molar-refractivity contribution in [3.05, 3.63) is 101 Å². The number of halogens is 1. The predicted octanol–water partition coefficient (Wildman–Crippen LogP) is 5.35. The number of urea groups is 1. The van der Waals surface area contributed by atoms with Gasteiger partial charge in [-0.2, -0.15) is 5.26 Å². The Morgan fingerprint density at radius 2 is 1.53 bits per heavy atom. The summed E-state index contributed by atoms with van der Waals surface area (Å²) >= 11 is 6.11. The van der Waals surface area contributed by atoms with Gasteiger partial charge >= 0.3 is 6.03 Å². The minimum atomic E-state index is -0.0968. The van der Waals surface area contributed by atoms with E-state index in [2.05, 4.69) is 52.7 Å². The lowest BCUT2D eigenvalue weighted by molar-refractivity contribution is 0.126. The van der Waals surface area contributed by atoms with Gasteiger partial charge in [0, 0.05) is 36.9 Å². The van der Waals surface area contributed by atoms with Gasteiger partial charge in [-0.25, -0.2) is 4.79 Å². The third-order valence-corrected chi connectivity index (χ3v) is 6.01. The second-order valence-electron chi connectivity index (χ2n) is 7.85. The highest BCUT2D eigenvalue weighted by atomic mass is 35.5. The SMILES string of the molecule is N#CCc1ccc(NC(=O)N2CCN([C@H](c3ccccc3)c3ccc(Cl)cc3)CC2)cc1. The number of benzene rings is 3. The lowest BCUT2D eigenvalue weighted by Crippen LogP contribution is -2.51. The summed E-state index contributed by atoms with van der Waals surface area (Å²) in [6.45, 7) is 2.85. The quantitative estimate of drug-likeness (QED) is 0.577. The van der Waals surface area contributed by atoms with Gasteiger partial charge in [-0.05, 0) is 41.0 Å². The molecule has 4 rings (SSSR count). The summed E-state index contributed by atoms with van der Waals surface area (Å²) in [4.78, 5) is 17.0. The van der Waals surface area contributed by atoms with Crippen molar-refractivity contribution < 1.29 is 4.79 Å². The normalized spacial score (nSPS) is 15.1. The van der Waals surface area contributed by atoms with Crippen LogP contribution in [-0.4, -0.2) is 42.0 Å². The molecule has 0 spiro atoms. The summed E-state index contributed by atoms with van der Waals surface area (Å²) in [5.74, 6) is 0. The van der Waals surface area contributed by atoms with Crippen LogP contribution in [0.1, 0.15) is 22.7 Å². The molecule has 0 bridgehead atoms. The number of hydrogen-bond donors (Lipinski definition) is 1. The number of anilines is 1. The molecule has 1 atom stereocenters. The first-order valence-corrected chi connectivity index (χ1v) is 11.1. The van der Waals surface area contributed by atoms with Crippen LogP contribution in [0.4, 0.5) is 10.5 Å². The maximum atomic E-state index is 12.8. The number of piperazine rings is 1. The molecular weight excluding hydrogens is 420 g/mol. The zero-order chi connectivity index (χ0) is 22.3. The molecule has 0 aliphatic carbocycles. The van der Waals surface area contributed by atoms with Crippen molar-refractivity contribution in [3.8, 4) is 6.07 Å². The van der Waals surface area contributed by atoms with E-state index in [1.807, 2.05) is 47.4 Å². The Morgan fingerprint density at radius 3 is 2.16 bits per heavy atom. The van der Waals surface area contributed by atoms with Crippen molar-refractivity contribution in [1.29, 1.82) is 5.26 Å². The lowest BCUT2D eigenvalue weighted by atomic mass is 9.96. The molecule has 0 aromatic heterocycles. The van der Waals surface area contributed by atoms with E-state index in [1.165, 1.54) is 11.1 Å². The number of nitrogens with one attached hydrogen (secondary N) is 1. The molecule has 2 amide bonds. The van der Waals surface area contributed by atoms with Gasteiger partial charge in [-0.3, -0.25) is 4.90 Å². The van der Waals surface area contributed by atoms with E-state index in [-0.39, 0.29) is 12.1 Å².